The maximum atomic E-state index is 11.3. The smallest absolute Gasteiger partial charge is 0.346 e. The van der Waals surface area contributed by atoms with E-state index in [0.717, 1.165) is 46.9 Å². The number of carboxylic acid groups (broad SMARTS) is 1. The lowest BCUT2D eigenvalue weighted by atomic mass is 10.2. The first-order valence-corrected chi connectivity index (χ1v) is 8.82. The minimum atomic E-state index is -0.887. The first kappa shape index (κ1) is 14.6. The highest BCUT2D eigenvalue weighted by molar-refractivity contribution is 8.00. The van der Waals surface area contributed by atoms with Gasteiger partial charge in [-0.2, -0.15) is 11.8 Å². The molecule has 1 aliphatic heterocycles. The Hall–Kier alpha value is -1.34. The third-order valence-electron chi connectivity index (χ3n) is 3.79. The van der Waals surface area contributed by atoms with Gasteiger partial charge in [0.2, 0.25) is 0 Å². The lowest BCUT2D eigenvalue weighted by Gasteiger charge is -2.33. The summed E-state index contributed by atoms with van der Waals surface area (Å²) in [4.78, 5) is 23.4. The van der Waals surface area contributed by atoms with Gasteiger partial charge in [-0.15, -0.1) is 11.3 Å². The van der Waals surface area contributed by atoms with Gasteiger partial charge < -0.3 is 10.0 Å². The summed E-state index contributed by atoms with van der Waals surface area (Å²) in [5.41, 5.74) is 0.782. The minimum Gasteiger partial charge on any atom is -0.477 e. The molecule has 1 aliphatic rings. The minimum absolute atomic E-state index is 0.366. The molecule has 21 heavy (non-hydrogen) atoms. The molecule has 0 aromatic carbocycles. The van der Waals surface area contributed by atoms with Crippen molar-refractivity contribution in [1.29, 1.82) is 0 Å². The summed E-state index contributed by atoms with van der Waals surface area (Å²) >= 11 is 3.24. The van der Waals surface area contributed by atoms with Gasteiger partial charge in [-0.25, -0.2) is 14.8 Å². The molecule has 0 saturated carbocycles. The average Bonchev–Trinajstić information content (AvgIpc) is 2.85. The second-order valence-corrected chi connectivity index (χ2v) is 7.49. The molecule has 0 spiro atoms. The van der Waals surface area contributed by atoms with Gasteiger partial charge in [0.1, 0.15) is 21.9 Å². The fourth-order valence-corrected chi connectivity index (χ4v) is 4.82. The first-order valence-electron chi connectivity index (χ1n) is 6.95. The highest BCUT2D eigenvalue weighted by Crippen LogP contribution is 2.36. The Morgan fingerprint density at radius 3 is 3.05 bits per heavy atom. The molecule has 1 fully saturated rings. The van der Waals surface area contributed by atoms with E-state index in [1.165, 1.54) is 11.3 Å². The van der Waals surface area contributed by atoms with E-state index < -0.39 is 5.97 Å². The summed E-state index contributed by atoms with van der Waals surface area (Å²) in [6.45, 7) is 5.97. The zero-order valence-corrected chi connectivity index (χ0v) is 13.6. The highest BCUT2D eigenvalue weighted by Gasteiger charge is 2.25. The molecule has 1 unspecified atom stereocenters. The molecule has 2 aromatic heterocycles. The van der Waals surface area contributed by atoms with Gasteiger partial charge in [-0.05, 0) is 18.9 Å². The highest BCUT2D eigenvalue weighted by atomic mass is 32.2. The summed E-state index contributed by atoms with van der Waals surface area (Å²) in [6.07, 6.45) is 2.68. The van der Waals surface area contributed by atoms with Crippen LogP contribution in [0.3, 0.4) is 0 Å². The van der Waals surface area contributed by atoms with Gasteiger partial charge in [0.15, 0.2) is 0 Å². The Bertz CT molecular complexity index is 686. The fraction of sp³-hybridized carbons (Fsp3) is 0.500. The van der Waals surface area contributed by atoms with Crippen LogP contribution < -0.4 is 4.90 Å². The number of hydrogen-bond donors (Lipinski definition) is 1. The van der Waals surface area contributed by atoms with Crippen LogP contribution in [0.1, 0.15) is 28.6 Å². The monoisotopic (exact) mass is 323 g/mol. The number of anilines is 1. The second-order valence-electron chi connectivity index (χ2n) is 5.09. The molecule has 0 amide bonds. The van der Waals surface area contributed by atoms with Crippen LogP contribution >= 0.6 is 23.1 Å². The van der Waals surface area contributed by atoms with Gasteiger partial charge in [-0.3, -0.25) is 0 Å². The first-order chi connectivity index (χ1) is 10.1. The number of aromatic nitrogens is 2. The molecule has 0 aliphatic carbocycles. The van der Waals surface area contributed by atoms with E-state index in [4.69, 9.17) is 0 Å². The maximum Gasteiger partial charge on any atom is 0.346 e. The summed E-state index contributed by atoms with van der Waals surface area (Å²) in [5, 5.41) is 10.8. The largest absolute Gasteiger partial charge is 0.477 e. The Morgan fingerprint density at radius 1 is 1.52 bits per heavy atom. The van der Waals surface area contributed by atoms with E-state index in [2.05, 4.69) is 21.8 Å². The van der Waals surface area contributed by atoms with Gasteiger partial charge in [-0.1, -0.05) is 6.92 Å². The van der Waals surface area contributed by atoms with E-state index in [9.17, 15) is 9.90 Å². The summed E-state index contributed by atoms with van der Waals surface area (Å²) < 4.78 is 0. The molecular weight excluding hydrogens is 306 g/mol. The molecular formula is C14H17N3O2S2. The van der Waals surface area contributed by atoms with Gasteiger partial charge in [0.05, 0.1) is 5.39 Å². The molecule has 7 heteroatoms. The van der Waals surface area contributed by atoms with Crippen LogP contribution in [-0.2, 0) is 0 Å². The Balaban J connectivity index is 2.08. The van der Waals surface area contributed by atoms with Crippen molar-refractivity contribution in [3.8, 4) is 0 Å². The number of rotatable bonds is 3. The average molecular weight is 323 g/mol. The number of carbonyl (C=O) groups is 1. The predicted octanol–water partition coefficient (Wildman–Crippen LogP) is 3.03. The van der Waals surface area contributed by atoms with Crippen LogP contribution in [0.2, 0.25) is 0 Å². The van der Waals surface area contributed by atoms with Crippen LogP contribution in [0.4, 0.5) is 5.82 Å². The molecule has 0 radical (unpaired) electrons. The van der Waals surface area contributed by atoms with E-state index in [1.54, 1.807) is 6.33 Å². The van der Waals surface area contributed by atoms with E-state index in [1.807, 2.05) is 18.7 Å². The number of thiophene rings is 1. The Labute approximate surface area is 131 Å². The van der Waals surface area contributed by atoms with Crippen LogP contribution in [0.25, 0.3) is 10.2 Å². The topological polar surface area (TPSA) is 66.3 Å². The molecule has 3 rings (SSSR count). The van der Waals surface area contributed by atoms with Crippen molar-refractivity contribution < 1.29 is 9.90 Å². The Morgan fingerprint density at radius 2 is 2.33 bits per heavy atom. The predicted molar refractivity (Wildman–Crippen MR) is 87.9 cm³/mol. The third kappa shape index (κ3) is 2.60. The maximum absolute atomic E-state index is 11.3. The van der Waals surface area contributed by atoms with Crippen molar-refractivity contribution in [3.05, 3.63) is 16.8 Å². The molecule has 112 valence electrons. The van der Waals surface area contributed by atoms with Crippen LogP contribution in [0.5, 0.6) is 0 Å². The summed E-state index contributed by atoms with van der Waals surface area (Å²) in [7, 11) is 0. The molecule has 1 N–H and O–H groups in total. The van der Waals surface area contributed by atoms with E-state index >= 15 is 0 Å². The molecule has 0 bridgehead atoms. The second kappa shape index (κ2) is 5.81. The van der Waals surface area contributed by atoms with Gasteiger partial charge >= 0.3 is 5.97 Å². The van der Waals surface area contributed by atoms with Crippen molar-refractivity contribution in [2.24, 2.45) is 0 Å². The lowest BCUT2D eigenvalue weighted by molar-refractivity contribution is 0.0701. The van der Waals surface area contributed by atoms with Crippen molar-refractivity contribution in [1.82, 2.24) is 9.97 Å². The fourth-order valence-electron chi connectivity index (χ4n) is 2.66. The molecule has 2 aromatic rings. The number of aromatic carboxylic acids is 1. The van der Waals surface area contributed by atoms with Crippen molar-refractivity contribution in [2.75, 3.05) is 23.7 Å². The molecule has 5 nitrogen and oxygen atoms in total. The van der Waals surface area contributed by atoms with Crippen LogP contribution in [-0.4, -0.2) is 45.1 Å². The summed E-state index contributed by atoms with van der Waals surface area (Å²) in [6, 6.07) is 0. The molecule has 1 atom stereocenters. The standard InChI is InChI=1S/C14H17N3O2S2/c1-3-9-6-17(4-5-20-9)12-10-8(2)11(14(18)19)21-13(10)16-7-15-12/h7,9H,3-6H2,1-2H3,(H,18,19). The number of aryl methyl sites for hydroxylation is 1. The van der Waals surface area contributed by atoms with Crippen molar-refractivity contribution in [3.63, 3.8) is 0 Å². The van der Waals surface area contributed by atoms with Gasteiger partial charge in [0, 0.05) is 24.1 Å². The quantitative estimate of drug-likeness (QED) is 0.936. The third-order valence-corrected chi connectivity index (χ3v) is 6.35. The van der Waals surface area contributed by atoms with E-state index in [0.29, 0.717) is 10.1 Å². The number of thioether (sulfide) groups is 1. The van der Waals surface area contributed by atoms with Gasteiger partial charge in [0.25, 0.3) is 0 Å². The zero-order valence-electron chi connectivity index (χ0n) is 12.0. The Kier molecular flexibility index (Phi) is 4.03. The van der Waals surface area contributed by atoms with Crippen LogP contribution in [0.15, 0.2) is 6.33 Å². The van der Waals surface area contributed by atoms with E-state index in [-0.39, 0.29) is 0 Å². The molecule has 3 heterocycles. The number of nitrogens with zero attached hydrogens (tertiary/aromatic N) is 3. The number of fused-ring (bicyclic) bond motifs is 1. The SMILES string of the molecule is CCC1CN(c2ncnc3sc(C(=O)O)c(C)c23)CCS1. The summed E-state index contributed by atoms with van der Waals surface area (Å²) in [5.74, 6) is 1.08. The molecule has 1 saturated heterocycles. The van der Waals surface area contributed by atoms with Crippen molar-refractivity contribution >= 4 is 45.1 Å². The zero-order chi connectivity index (χ0) is 15.0. The normalized spacial score (nSPS) is 19.1. The van der Waals surface area contributed by atoms with Crippen LogP contribution in [0, 0.1) is 6.92 Å². The lowest BCUT2D eigenvalue weighted by Crippen LogP contribution is -2.38. The number of carboxylic acids is 1. The van der Waals surface area contributed by atoms with Crippen molar-refractivity contribution in [2.45, 2.75) is 25.5 Å². The number of hydrogen-bond acceptors (Lipinski definition) is 6.